The Morgan fingerprint density at radius 2 is 2.00 bits per heavy atom. The average molecular weight is 417 g/mol. The molecule has 3 aromatic rings. The van der Waals surface area contributed by atoms with Crippen LogP contribution in [-0.4, -0.2) is 36.6 Å². The first-order chi connectivity index (χ1) is 15.2. The molecule has 0 bridgehead atoms. The van der Waals surface area contributed by atoms with Gasteiger partial charge in [0.2, 0.25) is 0 Å². The van der Waals surface area contributed by atoms with Crippen LogP contribution in [-0.2, 0) is 0 Å². The first-order valence-corrected chi connectivity index (χ1v) is 10.0. The van der Waals surface area contributed by atoms with E-state index in [4.69, 9.17) is 24.9 Å². The molecule has 0 radical (unpaired) electrons. The summed E-state index contributed by atoms with van der Waals surface area (Å²) in [6.45, 7) is 0.515. The minimum atomic E-state index is -0.218. The van der Waals surface area contributed by atoms with Gasteiger partial charge >= 0.3 is 0 Å². The molecule has 0 amide bonds. The third kappa shape index (κ3) is 3.35. The number of aliphatic imine (C=N–C) groups is 1. The second-order valence-electron chi connectivity index (χ2n) is 7.29. The minimum absolute atomic E-state index is 0.218. The van der Waals surface area contributed by atoms with Crippen LogP contribution in [0.2, 0.25) is 0 Å². The Hall–Kier alpha value is -3.94. The number of ether oxygens (including phenoxy) is 3. The molecule has 0 fully saturated rings. The highest BCUT2D eigenvalue weighted by molar-refractivity contribution is 5.94. The van der Waals surface area contributed by atoms with Crippen LogP contribution in [0.5, 0.6) is 17.2 Å². The van der Waals surface area contributed by atoms with Gasteiger partial charge in [-0.05, 0) is 29.3 Å². The van der Waals surface area contributed by atoms with Crippen LogP contribution in [0.25, 0.3) is 11.4 Å². The molecule has 8 nitrogen and oxygen atoms in total. The lowest BCUT2D eigenvalue weighted by atomic mass is 9.91. The lowest BCUT2D eigenvalue weighted by molar-refractivity contribution is 0.315. The van der Waals surface area contributed by atoms with Crippen molar-refractivity contribution < 1.29 is 14.2 Å². The molecule has 1 atom stereocenters. The van der Waals surface area contributed by atoms with E-state index in [9.17, 15) is 0 Å². The molecule has 2 aliphatic rings. The number of hydrogen-bond donors (Lipinski definition) is 2. The van der Waals surface area contributed by atoms with Gasteiger partial charge in [-0.2, -0.15) is 5.10 Å². The molecule has 0 saturated carbocycles. The van der Waals surface area contributed by atoms with Gasteiger partial charge in [0, 0.05) is 30.9 Å². The number of aromatic nitrogens is 2. The smallest absolute Gasteiger partial charge is 0.194 e. The summed E-state index contributed by atoms with van der Waals surface area (Å²) in [7, 11) is 3.25. The largest absolute Gasteiger partial charge is 0.496 e. The fourth-order valence-electron chi connectivity index (χ4n) is 4.06. The highest BCUT2D eigenvalue weighted by Gasteiger charge is 2.31. The summed E-state index contributed by atoms with van der Waals surface area (Å²) in [5, 5.41) is 7.54. The number of nitrogens with zero attached hydrogens (tertiary/aromatic N) is 3. The van der Waals surface area contributed by atoms with E-state index < -0.39 is 0 Å². The maximum absolute atomic E-state index is 6.22. The van der Waals surface area contributed by atoms with Gasteiger partial charge in [0.25, 0.3) is 0 Å². The molecule has 5 rings (SSSR count). The van der Waals surface area contributed by atoms with E-state index in [1.54, 1.807) is 20.4 Å². The first kappa shape index (κ1) is 19.0. The Morgan fingerprint density at radius 3 is 2.71 bits per heavy atom. The van der Waals surface area contributed by atoms with E-state index in [0.29, 0.717) is 36.2 Å². The summed E-state index contributed by atoms with van der Waals surface area (Å²) < 4.78 is 19.0. The summed E-state index contributed by atoms with van der Waals surface area (Å²) in [6, 6.07) is 13.6. The fraction of sp³-hybridized carbons (Fsp3) is 0.217. The van der Waals surface area contributed by atoms with Crippen LogP contribution in [0.3, 0.4) is 0 Å². The standard InChI is InChI=1S/C23H23N5O3/c1-29-16-12-18(30-2)20-19(13-16)31-11-8-17-21(26-23(24)27-22(17)20)14-4-6-15(7-5-14)28-10-3-9-25-28/h3-7,9-10,12-13,21H,8,11H2,1-2H3,(H3,24,26,27). The minimum Gasteiger partial charge on any atom is -0.496 e. The second kappa shape index (κ2) is 7.71. The fourth-order valence-corrected chi connectivity index (χ4v) is 4.06. The van der Waals surface area contributed by atoms with Crippen LogP contribution in [0.4, 0.5) is 0 Å². The Labute approximate surface area is 179 Å². The zero-order chi connectivity index (χ0) is 21.4. The zero-order valence-corrected chi connectivity index (χ0v) is 17.3. The van der Waals surface area contributed by atoms with Crippen molar-refractivity contribution in [2.75, 3.05) is 20.8 Å². The van der Waals surface area contributed by atoms with E-state index in [1.807, 2.05) is 41.2 Å². The third-order valence-corrected chi connectivity index (χ3v) is 5.52. The average Bonchev–Trinajstić information content (AvgIpc) is 3.27. The van der Waals surface area contributed by atoms with Crippen molar-refractivity contribution in [3.8, 4) is 22.9 Å². The first-order valence-electron chi connectivity index (χ1n) is 10.0. The van der Waals surface area contributed by atoms with Crippen molar-refractivity contribution in [3.05, 3.63) is 71.6 Å². The normalized spacial score (nSPS) is 17.5. The van der Waals surface area contributed by atoms with E-state index in [2.05, 4.69) is 22.5 Å². The number of nitrogens with two attached hydrogens (primary N) is 1. The Balaban J connectivity index is 1.60. The predicted octanol–water partition coefficient (Wildman–Crippen LogP) is 3.04. The molecule has 2 aromatic carbocycles. The predicted molar refractivity (Wildman–Crippen MR) is 118 cm³/mol. The van der Waals surface area contributed by atoms with Crippen molar-refractivity contribution in [1.82, 2.24) is 15.1 Å². The van der Waals surface area contributed by atoms with Crippen LogP contribution in [0.1, 0.15) is 23.6 Å². The van der Waals surface area contributed by atoms with Crippen molar-refractivity contribution in [3.63, 3.8) is 0 Å². The van der Waals surface area contributed by atoms with Crippen molar-refractivity contribution in [1.29, 1.82) is 0 Å². The summed E-state index contributed by atoms with van der Waals surface area (Å²) in [5.74, 6) is 2.36. The molecule has 31 heavy (non-hydrogen) atoms. The topological polar surface area (TPSA) is 95.9 Å². The monoisotopic (exact) mass is 417 g/mol. The molecule has 1 aromatic heterocycles. The Kier molecular flexibility index (Phi) is 4.74. The number of fused-ring (bicyclic) bond motifs is 2. The number of hydrogen-bond acceptors (Lipinski definition) is 7. The molecule has 0 aliphatic carbocycles. The quantitative estimate of drug-likeness (QED) is 0.677. The number of nitrogens with one attached hydrogen (secondary N) is 1. The Morgan fingerprint density at radius 1 is 1.16 bits per heavy atom. The van der Waals surface area contributed by atoms with E-state index in [-0.39, 0.29) is 6.04 Å². The van der Waals surface area contributed by atoms with Crippen LogP contribution in [0, 0.1) is 0 Å². The number of methoxy groups -OCH3 is 2. The third-order valence-electron chi connectivity index (χ3n) is 5.52. The zero-order valence-electron chi connectivity index (χ0n) is 17.3. The van der Waals surface area contributed by atoms with Gasteiger partial charge in [-0.1, -0.05) is 12.1 Å². The second-order valence-corrected chi connectivity index (χ2v) is 7.29. The number of guanidine groups is 1. The summed E-state index contributed by atoms with van der Waals surface area (Å²) in [6.07, 6.45) is 4.37. The maximum Gasteiger partial charge on any atom is 0.194 e. The van der Waals surface area contributed by atoms with E-state index in [1.165, 1.54) is 0 Å². The maximum atomic E-state index is 6.22. The van der Waals surface area contributed by atoms with Crippen LogP contribution < -0.4 is 25.3 Å². The lowest BCUT2D eigenvalue weighted by Crippen LogP contribution is -2.35. The Bertz CT molecular complexity index is 1170. The molecule has 0 saturated heterocycles. The van der Waals surface area contributed by atoms with Gasteiger partial charge in [-0.25, -0.2) is 9.67 Å². The molecule has 2 aliphatic heterocycles. The molecule has 3 heterocycles. The van der Waals surface area contributed by atoms with Gasteiger partial charge in [-0.15, -0.1) is 0 Å². The molecule has 1 unspecified atom stereocenters. The SMILES string of the molecule is COc1cc(OC)c2c(c1)OCCC1=C2NC(N)=NC1c1ccc(-n2cccn2)cc1. The van der Waals surface area contributed by atoms with Crippen molar-refractivity contribution in [2.24, 2.45) is 10.7 Å². The van der Waals surface area contributed by atoms with Crippen molar-refractivity contribution >= 4 is 11.7 Å². The van der Waals surface area contributed by atoms with Crippen LogP contribution in [0.15, 0.2) is 65.4 Å². The van der Waals surface area contributed by atoms with Gasteiger partial charge in [-0.3, -0.25) is 0 Å². The molecular formula is C23H23N5O3. The van der Waals surface area contributed by atoms with E-state index >= 15 is 0 Å². The summed E-state index contributed by atoms with van der Waals surface area (Å²) >= 11 is 0. The summed E-state index contributed by atoms with van der Waals surface area (Å²) in [5.41, 5.74) is 11.0. The lowest BCUT2D eigenvalue weighted by Gasteiger charge is -2.27. The molecular weight excluding hydrogens is 394 g/mol. The molecule has 0 spiro atoms. The van der Waals surface area contributed by atoms with Gasteiger partial charge < -0.3 is 25.3 Å². The van der Waals surface area contributed by atoms with Gasteiger partial charge in [0.1, 0.15) is 23.3 Å². The molecule has 158 valence electrons. The summed E-state index contributed by atoms with van der Waals surface area (Å²) in [4.78, 5) is 4.72. The number of rotatable bonds is 4. The van der Waals surface area contributed by atoms with Gasteiger partial charge in [0.05, 0.1) is 37.8 Å². The highest BCUT2D eigenvalue weighted by Crippen LogP contribution is 2.45. The molecule has 3 N–H and O–H groups in total. The molecule has 8 heteroatoms. The highest BCUT2D eigenvalue weighted by atomic mass is 16.5. The van der Waals surface area contributed by atoms with Crippen LogP contribution >= 0.6 is 0 Å². The van der Waals surface area contributed by atoms with E-state index in [0.717, 1.165) is 28.1 Å². The van der Waals surface area contributed by atoms with Crippen molar-refractivity contribution in [2.45, 2.75) is 12.5 Å². The number of benzene rings is 2. The van der Waals surface area contributed by atoms with Gasteiger partial charge in [0.15, 0.2) is 5.96 Å².